The van der Waals surface area contributed by atoms with E-state index in [0.717, 1.165) is 37.8 Å². The third kappa shape index (κ3) is 4.47. The van der Waals surface area contributed by atoms with Gasteiger partial charge in [0.2, 0.25) is 10.0 Å². The van der Waals surface area contributed by atoms with Crippen molar-refractivity contribution in [2.45, 2.75) is 75.6 Å². The Morgan fingerprint density at radius 1 is 1.41 bits per heavy atom. The van der Waals surface area contributed by atoms with E-state index in [-0.39, 0.29) is 24.2 Å². The fourth-order valence-corrected chi connectivity index (χ4v) is 6.29. The molecule has 2 heterocycles. The number of sulfonamides is 1. The number of methoxy groups -OCH3 is 1. The van der Waals surface area contributed by atoms with E-state index >= 15 is 0 Å². The number of amides is 1. The van der Waals surface area contributed by atoms with Gasteiger partial charge in [0.05, 0.1) is 44.0 Å². The van der Waals surface area contributed by atoms with Crippen LogP contribution in [0.25, 0.3) is 0 Å². The fourth-order valence-electron chi connectivity index (χ4n) is 5.49. The van der Waals surface area contributed by atoms with Gasteiger partial charge < -0.3 is 9.47 Å². The minimum atomic E-state index is -3.44. The summed E-state index contributed by atoms with van der Waals surface area (Å²) >= 11 is 0. The van der Waals surface area contributed by atoms with Crippen molar-refractivity contribution in [2.75, 3.05) is 20.0 Å². The lowest BCUT2D eigenvalue weighted by molar-refractivity contribution is -0.0103. The summed E-state index contributed by atoms with van der Waals surface area (Å²) in [5, 5.41) is 0. The number of carbonyl (C=O) groups is 1. The molecule has 1 N–H and O–H groups in total. The molecule has 2 saturated carbocycles. The molecule has 3 unspecified atom stereocenters. The number of hydrogen-bond donors (Lipinski definition) is 1. The van der Waals surface area contributed by atoms with E-state index in [4.69, 9.17) is 9.47 Å². The highest BCUT2D eigenvalue weighted by molar-refractivity contribution is 7.88. The van der Waals surface area contributed by atoms with Gasteiger partial charge in [-0.2, -0.15) is 0 Å². The fraction of sp³-hybridized carbons (Fsp3) is 0.762. The molecule has 11 heteroatoms. The number of aromatic nitrogens is 2. The number of likely N-dealkylation sites (tertiary alicyclic amines) is 1. The largest absolute Gasteiger partial charge is 0.453 e. The lowest BCUT2D eigenvalue weighted by atomic mass is 9.86. The molecule has 6 atom stereocenters. The third-order valence-electron chi connectivity index (χ3n) is 7.20. The number of fused-ring (bicyclic) bond motifs is 1. The SMILES string of the molecule is COC(=O)N1[C@H](C)C[C@H](NS(C)(=O)=O)[C@@H]1COC1CCC2(c3ncc(F)c(C)n3)CC2C1. The van der Waals surface area contributed by atoms with Crippen molar-refractivity contribution in [3.8, 4) is 0 Å². The minimum Gasteiger partial charge on any atom is -0.453 e. The summed E-state index contributed by atoms with van der Waals surface area (Å²) in [5.74, 6) is 0.714. The van der Waals surface area contributed by atoms with Crippen molar-refractivity contribution in [1.82, 2.24) is 19.6 Å². The molecular formula is C21H31FN4O5S. The van der Waals surface area contributed by atoms with E-state index in [1.54, 1.807) is 11.8 Å². The van der Waals surface area contributed by atoms with E-state index in [0.29, 0.717) is 18.0 Å². The first-order valence-corrected chi connectivity index (χ1v) is 12.9. The van der Waals surface area contributed by atoms with Crippen molar-refractivity contribution < 1.29 is 27.1 Å². The Bertz CT molecular complexity index is 992. The van der Waals surface area contributed by atoms with Crippen LogP contribution in [0.2, 0.25) is 0 Å². The van der Waals surface area contributed by atoms with Crippen molar-refractivity contribution in [3.63, 3.8) is 0 Å². The predicted molar refractivity (Wildman–Crippen MR) is 114 cm³/mol. The van der Waals surface area contributed by atoms with Crippen molar-refractivity contribution >= 4 is 16.1 Å². The van der Waals surface area contributed by atoms with Gasteiger partial charge in [0.1, 0.15) is 5.82 Å². The molecule has 4 rings (SSSR count). The van der Waals surface area contributed by atoms with E-state index < -0.39 is 34.0 Å². The van der Waals surface area contributed by atoms with Gasteiger partial charge in [-0.25, -0.2) is 32.3 Å². The standard InChI is InChI=1S/C21H31FN4O5S/c1-12-7-17(25-32(4,28)29)18(26(12)20(27)30-3)11-31-15-5-6-21(9-14(21)8-15)19-23-10-16(22)13(2)24-19/h10,12,14-15,17-18,25H,5-9,11H2,1-4H3/t12-,14?,15?,17+,18+,21?/m1/s1. The Kier molecular flexibility index (Phi) is 6.19. The molecule has 0 spiro atoms. The van der Waals surface area contributed by atoms with Crippen LogP contribution in [-0.4, -0.2) is 73.6 Å². The summed E-state index contributed by atoms with van der Waals surface area (Å²) in [6.45, 7) is 3.75. The van der Waals surface area contributed by atoms with Gasteiger partial charge in [-0.3, -0.25) is 4.90 Å². The monoisotopic (exact) mass is 470 g/mol. The van der Waals surface area contributed by atoms with Gasteiger partial charge in [0, 0.05) is 17.5 Å². The third-order valence-corrected chi connectivity index (χ3v) is 7.93. The lowest BCUT2D eigenvalue weighted by Crippen LogP contribution is -2.50. The summed E-state index contributed by atoms with van der Waals surface area (Å²) < 4.78 is 51.0. The van der Waals surface area contributed by atoms with Gasteiger partial charge >= 0.3 is 6.09 Å². The quantitative estimate of drug-likeness (QED) is 0.676. The second kappa shape index (κ2) is 8.49. The zero-order valence-electron chi connectivity index (χ0n) is 18.9. The summed E-state index contributed by atoms with van der Waals surface area (Å²) in [5.41, 5.74) is 0.287. The second-order valence-electron chi connectivity index (χ2n) is 9.44. The van der Waals surface area contributed by atoms with E-state index in [1.807, 2.05) is 6.92 Å². The van der Waals surface area contributed by atoms with Crippen LogP contribution in [0.4, 0.5) is 9.18 Å². The summed E-state index contributed by atoms with van der Waals surface area (Å²) in [4.78, 5) is 22.5. The highest BCUT2D eigenvalue weighted by Gasteiger charge is 2.60. The van der Waals surface area contributed by atoms with Crippen molar-refractivity contribution in [1.29, 1.82) is 0 Å². The average molecular weight is 471 g/mol. The summed E-state index contributed by atoms with van der Waals surface area (Å²) in [6, 6.07) is -1.05. The van der Waals surface area contributed by atoms with Gasteiger partial charge in [-0.05, 0) is 51.9 Å². The molecule has 0 bridgehead atoms. The van der Waals surface area contributed by atoms with Crippen molar-refractivity contribution in [3.05, 3.63) is 23.5 Å². The second-order valence-corrected chi connectivity index (χ2v) is 11.2. The van der Waals surface area contributed by atoms with Gasteiger partial charge in [0.15, 0.2) is 5.82 Å². The van der Waals surface area contributed by atoms with Gasteiger partial charge in [0.25, 0.3) is 0 Å². The van der Waals surface area contributed by atoms with E-state index in [9.17, 15) is 17.6 Å². The highest BCUT2D eigenvalue weighted by atomic mass is 32.2. The molecule has 1 aliphatic heterocycles. The number of aryl methyl sites for hydroxylation is 1. The summed E-state index contributed by atoms with van der Waals surface area (Å²) in [6.07, 6.45) is 5.85. The Morgan fingerprint density at radius 2 is 2.16 bits per heavy atom. The molecule has 2 aliphatic carbocycles. The van der Waals surface area contributed by atoms with Crippen LogP contribution in [-0.2, 0) is 24.9 Å². The number of ether oxygens (including phenoxy) is 2. The molecule has 32 heavy (non-hydrogen) atoms. The topological polar surface area (TPSA) is 111 Å². The normalized spacial score (nSPS) is 34.3. The Balaban J connectivity index is 1.40. The number of carbonyl (C=O) groups excluding carboxylic acids is 1. The van der Waals surface area contributed by atoms with Crippen LogP contribution in [0.15, 0.2) is 6.20 Å². The molecule has 0 radical (unpaired) electrons. The van der Waals surface area contributed by atoms with Crippen LogP contribution >= 0.6 is 0 Å². The number of nitrogens with one attached hydrogen (secondary N) is 1. The average Bonchev–Trinajstić information content (AvgIpc) is 3.38. The molecule has 3 fully saturated rings. The molecule has 1 saturated heterocycles. The molecule has 1 aromatic heterocycles. The molecule has 3 aliphatic rings. The molecule has 0 aromatic carbocycles. The van der Waals surface area contributed by atoms with Crippen LogP contribution < -0.4 is 4.72 Å². The maximum Gasteiger partial charge on any atom is 0.410 e. The Labute approximate surface area is 188 Å². The van der Waals surface area contributed by atoms with Crippen LogP contribution in [0.3, 0.4) is 0 Å². The van der Waals surface area contributed by atoms with E-state index in [1.165, 1.54) is 13.3 Å². The number of nitrogens with zero attached hydrogens (tertiary/aromatic N) is 3. The van der Waals surface area contributed by atoms with Crippen LogP contribution in [0.1, 0.15) is 50.5 Å². The first-order valence-electron chi connectivity index (χ1n) is 11.0. The number of halogens is 1. The van der Waals surface area contributed by atoms with E-state index in [2.05, 4.69) is 14.7 Å². The lowest BCUT2D eigenvalue weighted by Gasteiger charge is -2.32. The Hall–Kier alpha value is -1.85. The molecular weight excluding hydrogens is 439 g/mol. The minimum absolute atomic E-state index is 0.00598. The van der Waals surface area contributed by atoms with Crippen molar-refractivity contribution in [2.24, 2.45) is 5.92 Å². The predicted octanol–water partition coefficient (Wildman–Crippen LogP) is 1.90. The van der Waals surface area contributed by atoms with Gasteiger partial charge in [-0.1, -0.05) is 0 Å². The smallest absolute Gasteiger partial charge is 0.410 e. The molecule has 1 amide bonds. The maximum atomic E-state index is 13.6. The Morgan fingerprint density at radius 3 is 2.78 bits per heavy atom. The first kappa shape index (κ1) is 23.3. The highest BCUT2D eigenvalue weighted by Crippen LogP contribution is 2.61. The molecule has 178 valence electrons. The number of rotatable bonds is 6. The van der Waals surface area contributed by atoms with Crippen LogP contribution in [0, 0.1) is 18.7 Å². The maximum absolute atomic E-state index is 13.6. The number of hydrogen-bond acceptors (Lipinski definition) is 7. The molecule has 1 aromatic rings. The zero-order chi connectivity index (χ0) is 23.3. The zero-order valence-corrected chi connectivity index (χ0v) is 19.7. The van der Waals surface area contributed by atoms with Crippen LogP contribution in [0.5, 0.6) is 0 Å². The first-order chi connectivity index (χ1) is 15.0. The molecule has 9 nitrogen and oxygen atoms in total. The summed E-state index contributed by atoms with van der Waals surface area (Å²) in [7, 11) is -2.12. The van der Waals surface area contributed by atoms with Gasteiger partial charge in [-0.15, -0.1) is 0 Å².